The Morgan fingerprint density at radius 1 is 1.79 bits per heavy atom. The molecule has 0 saturated carbocycles. The summed E-state index contributed by atoms with van der Waals surface area (Å²) in [4.78, 5) is 10.7. The molecule has 0 aromatic carbocycles. The lowest BCUT2D eigenvalue weighted by atomic mass is 10.5. The lowest BCUT2D eigenvalue weighted by Gasteiger charge is -2.07. The van der Waals surface area contributed by atoms with Gasteiger partial charge in [-0.2, -0.15) is 18.6 Å². The largest absolute Gasteiger partial charge is 0.468 e. The van der Waals surface area contributed by atoms with Gasteiger partial charge in [0, 0.05) is 6.07 Å². The van der Waals surface area contributed by atoms with Crippen LogP contribution in [0.15, 0.2) is 12.3 Å². The summed E-state index contributed by atoms with van der Waals surface area (Å²) in [7, 11) is 1.22. The van der Waals surface area contributed by atoms with Crippen LogP contribution in [0.25, 0.3) is 0 Å². The molecule has 0 unspecified atom stereocenters. The second kappa shape index (κ2) is 4.54. The zero-order valence-corrected chi connectivity index (χ0v) is 7.41. The third-order valence-corrected chi connectivity index (χ3v) is 1.50. The molecule has 78 valence electrons. The van der Waals surface area contributed by atoms with Gasteiger partial charge in [-0.3, -0.25) is 4.79 Å². The van der Waals surface area contributed by atoms with Gasteiger partial charge < -0.3 is 10.1 Å². The zero-order chi connectivity index (χ0) is 10.6. The van der Waals surface area contributed by atoms with Crippen molar-refractivity contribution in [1.29, 1.82) is 0 Å². The maximum absolute atomic E-state index is 12.2. The second-order valence-corrected chi connectivity index (χ2v) is 2.37. The van der Waals surface area contributed by atoms with Crippen molar-refractivity contribution in [2.45, 2.75) is 6.55 Å². The number of aromatic nitrogens is 2. The second-order valence-electron chi connectivity index (χ2n) is 2.37. The molecule has 5 nitrogen and oxygen atoms in total. The molecule has 0 bridgehead atoms. The van der Waals surface area contributed by atoms with E-state index in [9.17, 15) is 13.6 Å². The Morgan fingerprint density at radius 3 is 3.07 bits per heavy atom. The average Bonchev–Trinajstić information content (AvgIpc) is 2.62. The third kappa shape index (κ3) is 2.41. The first-order chi connectivity index (χ1) is 6.65. The van der Waals surface area contributed by atoms with Crippen molar-refractivity contribution >= 4 is 11.8 Å². The monoisotopic (exact) mass is 205 g/mol. The number of carbonyl (C=O) groups is 1. The Balaban J connectivity index is 2.58. The van der Waals surface area contributed by atoms with Crippen molar-refractivity contribution in [1.82, 2.24) is 9.78 Å². The molecule has 0 fully saturated rings. The fourth-order valence-corrected chi connectivity index (χ4v) is 0.845. The molecule has 0 atom stereocenters. The van der Waals surface area contributed by atoms with Gasteiger partial charge in [0.2, 0.25) is 0 Å². The molecule has 1 aromatic rings. The Bertz CT molecular complexity index is 314. The van der Waals surface area contributed by atoms with E-state index in [4.69, 9.17) is 0 Å². The van der Waals surface area contributed by atoms with Crippen molar-refractivity contribution in [3.63, 3.8) is 0 Å². The van der Waals surface area contributed by atoms with Crippen molar-refractivity contribution in [3.8, 4) is 0 Å². The maximum atomic E-state index is 12.2. The van der Waals surface area contributed by atoms with E-state index in [1.54, 1.807) is 0 Å². The normalized spacial score (nSPS) is 10.3. The van der Waals surface area contributed by atoms with Crippen LogP contribution in [-0.4, -0.2) is 29.4 Å². The van der Waals surface area contributed by atoms with Crippen molar-refractivity contribution in [3.05, 3.63) is 12.3 Å². The Morgan fingerprint density at radius 2 is 2.50 bits per heavy atom. The van der Waals surface area contributed by atoms with Gasteiger partial charge in [0.1, 0.15) is 12.4 Å². The SMILES string of the molecule is COC(=O)CNc1ccnn1C(F)F. The Labute approximate surface area is 78.7 Å². The van der Waals surface area contributed by atoms with E-state index in [2.05, 4.69) is 15.2 Å². The van der Waals surface area contributed by atoms with Gasteiger partial charge in [0.15, 0.2) is 0 Å². The summed E-state index contributed by atoms with van der Waals surface area (Å²) in [6.45, 7) is -2.90. The summed E-state index contributed by atoms with van der Waals surface area (Å²) >= 11 is 0. The van der Waals surface area contributed by atoms with E-state index in [1.165, 1.54) is 19.4 Å². The third-order valence-electron chi connectivity index (χ3n) is 1.50. The zero-order valence-electron chi connectivity index (χ0n) is 7.41. The van der Waals surface area contributed by atoms with Crippen LogP contribution in [0, 0.1) is 0 Å². The standard InChI is InChI=1S/C7H9F2N3O2/c1-14-6(13)4-10-5-2-3-11-12(5)7(8)9/h2-3,7,10H,4H2,1H3. The fourth-order valence-electron chi connectivity index (χ4n) is 0.845. The molecule has 0 aliphatic heterocycles. The molecule has 0 saturated heterocycles. The van der Waals surface area contributed by atoms with E-state index in [0.717, 1.165) is 0 Å². The van der Waals surface area contributed by atoms with Crippen molar-refractivity contribution in [2.75, 3.05) is 19.0 Å². The number of rotatable bonds is 4. The minimum atomic E-state index is -2.73. The molecule has 0 radical (unpaired) electrons. The number of methoxy groups -OCH3 is 1. The summed E-state index contributed by atoms with van der Waals surface area (Å²) < 4.78 is 29.2. The number of ether oxygens (including phenoxy) is 1. The minimum Gasteiger partial charge on any atom is -0.468 e. The average molecular weight is 205 g/mol. The molecular weight excluding hydrogens is 196 g/mol. The number of esters is 1. The van der Waals surface area contributed by atoms with Crippen LogP contribution in [0.5, 0.6) is 0 Å². The van der Waals surface area contributed by atoms with E-state index in [-0.39, 0.29) is 12.4 Å². The Hall–Kier alpha value is -1.66. The fraction of sp³-hybridized carbons (Fsp3) is 0.429. The Kier molecular flexibility index (Phi) is 3.38. The molecule has 0 aliphatic rings. The summed E-state index contributed by atoms with van der Waals surface area (Å²) in [5.41, 5.74) is 0. The molecule has 1 N–H and O–H groups in total. The molecule has 7 heteroatoms. The highest BCUT2D eigenvalue weighted by atomic mass is 19.3. The molecule has 14 heavy (non-hydrogen) atoms. The number of alkyl halides is 2. The predicted molar refractivity (Wildman–Crippen MR) is 44.0 cm³/mol. The summed E-state index contributed by atoms with van der Waals surface area (Å²) in [6, 6.07) is 1.34. The lowest BCUT2D eigenvalue weighted by molar-refractivity contribution is -0.138. The topological polar surface area (TPSA) is 56.1 Å². The predicted octanol–water partition coefficient (Wildman–Crippen LogP) is 0.863. The first-order valence-corrected chi connectivity index (χ1v) is 3.77. The van der Waals surface area contributed by atoms with Crippen LogP contribution < -0.4 is 5.32 Å². The van der Waals surface area contributed by atoms with Crippen LogP contribution in [-0.2, 0) is 9.53 Å². The quantitative estimate of drug-likeness (QED) is 0.741. The van der Waals surface area contributed by atoms with Gasteiger partial charge >= 0.3 is 12.5 Å². The molecular formula is C7H9F2N3O2. The molecule has 0 spiro atoms. The molecule has 1 aromatic heterocycles. The molecule has 1 heterocycles. The van der Waals surface area contributed by atoms with Crippen LogP contribution in [0.3, 0.4) is 0 Å². The highest BCUT2D eigenvalue weighted by Gasteiger charge is 2.11. The van der Waals surface area contributed by atoms with Gasteiger partial charge in [0.25, 0.3) is 0 Å². The van der Waals surface area contributed by atoms with Gasteiger partial charge in [0.05, 0.1) is 13.3 Å². The van der Waals surface area contributed by atoms with E-state index < -0.39 is 12.5 Å². The molecule has 1 rings (SSSR count). The van der Waals surface area contributed by atoms with Gasteiger partial charge in [-0.15, -0.1) is 0 Å². The summed E-state index contributed by atoms with van der Waals surface area (Å²) in [6.07, 6.45) is 1.21. The maximum Gasteiger partial charge on any atom is 0.334 e. The number of hydrogen-bond acceptors (Lipinski definition) is 4. The summed E-state index contributed by atoms with van der Waals surface area (Å²) in [5.74, 6) is -0.461. The number of anilines is 1. The minimum absolute atomic E-state index is 0.0744. The molecule has 0 aliphatic carbocycles. The van der Waals surface area contributed by atoms with Crippen LogP contribution in [0.1, 0.15) is 6.55 Å². The first-order valence-electron chi connectivity index (χ1n) is 3.77. The van der Waals surface area contributed by atoms with Crippen molar-refractivity contribution < 1.29 is 18.3 Å². The van der Waals surface area contributed by atoms with E-state index in [0.29, 0.717) is 4.68 Å². The summed E-state index contributed by atoms with van der Waals surface area (Å²) in [5, 5.41) is 5.84. The lowest BCUT2D eigenvalue weighted by Crippen LogP contribution is -2.17. The highest BCUT2D eigenvalue weighted by Crippen LogP contribution is 2.15. The van der Waals surface area contributed by atoms with Gasteiger partial charge in [-0.1, -0.05) is 0 Å². The first kappa shape index (κ1) is 10.4. The highest BCUT2D eigenvalue weighted by molar-refractivity contribution is 5.74. The smallest absolute Gasteiger partial charge is 0.334 e. The van der Waals surface area contributed by atoms with Crippen LogP contribution in [0.4, 0.5) is 14.6 Å². The number of halogens is 2. The number of carbonyl (C=O) groups excluding carboxylic acids is 1. The molecule has 0 amide bonds. The number of nitrogens with zero attached hydrogens (tertiary/aromatic N) is 2. The van der Waals surface area contributed by atoms with Crippen molar-refractivity contribution in [2.24, 2.45) is 0 Å². The van der Waals surface area contributed by atoms with Gasteiger partial charge in [-0.25, -0.2) is 0 Å². The van der Waals surface area contributed by atoms with Gasteiger partial charge in [-0.05, 0) is 0 Å². The van der Waals surface area contributed by atoms with E-state index >= 15 is 0 Å². The van der Waals surface area contributed by atoms with Crippen LogP contribution in [0.2, 0.25) is 0 Å². The number of hydrogen-bond donors (Lipinski definition) is 1. The van der Waals surface area contributed by atoms with Crippen LogP contribution >= 0.6 is 0 Å². The number of nitrogens with one attached hydrogen (secondary N) is 1. The van der Waals surface area contributed by atoms with E-state index in [1.807, 2.05) is 0 Å².